The second kappa shape index (κ2) is 4.88. The summed E-state index contributed by atoms with van der Waals surface area (Å²) in [4.78, 5) is 12.1. The third kappa shape index (κ3) is 1.86. The third-order valence-corrected chi connectivity index (χ3v) is 4.07. The molecule has 1 aliphatic heterocycles. The normalized spacial score (nSPS) is 16.4. The Morgan fingerprint density at radius 1 is 0.955 bits per heavy atom. The second-order valence-corrected chi connectivity index (χ2v) is 5.31. The molecule has 0 bridgehead atoms. The Balaban J connectivity index is 1.89. The molecule has 22 heavy (non-hydrogen) atoms. The summed E-state index contributed by atoms with van der Waals surface area (Å²) >= 11 is 0. The predicted octanol–water partition coefficient (Wildman–Crippen LogP) is 4.11. The van der Waals surface area contributed by atoms with E-state index in [1.807, 2.05) is 36.4 Å². The van der Waals surface area contributed by atoms with Crippen molar-refractivity contribution in [1.29, 1.82) is 0 Å². The molecule has 0 amide bonds. The first-order chi connectivity index (χ1) is 10.8. The lowest BCUT2D eigenvalue weighted by Crippen LogP contribution is -2.02. The number of cyclic esters (lactones) is 1. The molecule has 0 fully saturated rings. The molecule has 1 aliphatic rings. The van der Waals surface area contributed by atoms with E-state index < -0.39 is 6.10 Å². The molecule has 0 saturated carbocycles. The maximum atomic E-state index is 12.1. The average molecular weight is 290 g/mol. The van der Waals surface area contributed by atoms with Gasteiger partial charge in [-0.25, -0.2) is 4.79 Å². The van der Waals surface area contributed by atoms with Crippen LogP contribution in [0.3, 0.4) is 0 Å². The van der Waals surface area contributed by atoms with Crippen LogP contribution in [0.25, 0.3) is 10.8 Å². The quantitative estimate of drug-likeness (QED) is 0.666. The number of methoxy groups -OCH3 is 1. The fourth-order valence-corrected chi connectivity index (χ4v) is 3.01. The van der Waals surface area contributed by atoms with E-state index in [2.05, 4.69) is 18.2 Å². The standard InChI is InChI=1S/C19H14O3/c1-21-16-8-4-7-15-17(16)18(22-19(15)20)14-10-9-12-5-2-3-6-13(12)11-14/h2-11,18H,1H3. The van der Waals surface area contributed by atoms with E-state index in [0.29, 0.717) is 11.3 Å². The average Bonchev–Trinajstić information content (AvgIpc) is 2.92. The van der Waals surface area contributed by atoms with Crippen molar-refractivity contribution >= 4 is 16.7 Å². The molecule has 0 spiro atoms. The van der Waals surface area contributed by atoms with Gasteiger partial charge in [-0.2, -0.15) is 0 Å². The van der Waals surface area contributed by atoms with Gasteiger partial charge in [-0.15, -0.1) is 0 Å². The Morgan fingerprint density at radius 2 is 1.77 bits per heavy atom. The van der Waals surface area contributed by atoms with Crippen molar-refractivity contribution in [3.63, 3.8) is 0 Å². The van der Waals surface area contributed by atoms with Crippen LogP contribution in [-0.4, -0.2) is 13.1 Å². The van der Waals surface area contributed by atoms with Crippen LogP contribution in [0.4, 0.5) is 0 Å². The van der Waals surface area contributed by atoms with E-state index in [-0.39, 0.29) is 5.97 Å². The maximum absolute atomic E-state index is 12.1. The summed E-state index contributed by atoms with van der Waals surface area (Å²) in [6, 6.07) is 19.7. The molecular weight excluding hydrogens is 276 g/mol. The molecular formula is C19H14O3. The fraction of sp³-hybridized carbons (Fsp3) is 0.105. The van der Waals surface area contributed by atoms with Gasteiger partial charge in [0, 0.05) is 0 Å². The lowest BCUT2D eigenvalue weighted by atomic mass is 9.96. The van der Waals surface area contributed by atoms with Crippen LogP contribution in [0.2, 0.25) is 0 Å². The van der Waals surface area contributed by atoms with Crippen LogP contribution in [0, 0.1) is 0 Å². The van der Waals surface area contributed by atoms with Gasteiger partial charge in [-0.1, -0.05) is 42.5 Å². The van der Waals surface area contributed by atoms with Crippen molar-refractivity contribution in [1.82, 2.24) is 0 Å². The molecule has 0 aliphatic carbocycles. The van der Waals surface area contributed by atoms with E-state index in [0.717, 1.165) is 21.9 Å². The number of ether oxygens (including phenoxy) is 2. The number of benzene rings is 3. The van der Waals surface area contributed by atoms with Crippen LogP contribution in [-0.2, 0) is 4.74 Å². The minimum absolute atomic E-state index is 0.299. The van der Waals surface area contributed by atoms with Gasteiger partial charge < -0.3 is 9.47 Å². The Kier molecular flexibility index (Phi) is 2.86. The molecule has 0 aromatic heterocycles. The number of rotatable bonds is 2. The van der Waals surface area contributed by atoms with Crippen molar-refractivity contribution in [2.45, 2.75) is 6.10 Å². The SMILES string of the molecule is COc1cccc2c1C(c1ccc3ccccc3c1)OC2=O. The lowest BCUT2D eigenvalue weighted by molar-refractivity contribution is 0.0454. The first-order valence-electron chi connectivity index (χ1n) is 7.14. The first-order valence-corrected chi connectivity index (χ1v) is 7.14. The highest BCUT2D eigenvalue weighted by Gasteiger charge is 2.35. The number of fused-ring (bicyclic) bond motifs is 2. The largest absolute Gasteiger partial charge is 0.496 e. The van der Waals surface area contributed by atoms with Crippen LogP contribution in [0.15, 0.2) is 60.7 Å². The van der Waals surface area contributed by atoms with Gasteiger partial charge in [0.2, 0.25) is 0 Å². The number of carbonyl (C=O) groups excluding carboxylic acids is 1. The topological polar surface area (TPSA) is 35.5 Å². The molecule has 0 radical (unpaired) electrons. The van der Waals surface area contributed by atoms with Crippen molar-refractivity contribution in [3.8, 4) is 5.75 Å². The molecule has 3 aromatic carbocycles. The minimum Gasteiger partial charge on any atom is -0.496 e. The molecule has 1 heterocycles. The van der Waals surface area contributed by atoms with Crippen molar-refractivity contribution in [2.75, 3.05) is 7.11 Å². The summed E-state index contributed by atoms with van der Waals surface area (Å²) < 4.78 is 11.0. The molecule has 0 saturated heterocycles. The summed E-state index contributed by atoms with van der Waals surface area (Å²) in [5, 5.41) is 2.29. The highest BCUT2D eigenvalue weighted by atomic mass is 16.6. The zero-order chi connectivity index (χ0) is 15.1. The third-order valence-electron chi connectivity index (χ3n) is 4.07. The number of hydrogen-bond acceptors (Lipinski definition) is 3. The van der Waals surface area contributed by atoms with E-state index >= 15 is 0 Å². The van der Waals surface area contributed by atoms with Crippen LogP contribution in [0.5, 0.6) is 5.75 Å². The second-order valence-electron chi connectivity index (χ2n) is 5.31. The maximum Gasteiger partial charge on any atom is 0.339 e. The molecule has 3 aromatic rings. The summed E-state index contributed by atoms with van der Waals surface area (Å²) in [5.74, 6) is 0.383. The zero-order valence-corrected chi connectivity index (χ0v) is 12.1. The summed E-state index contributed by atoms with van der Waals surface area (Å²) in [7, 11) is 1.61. The minimum atomic E-state index is -0.414. The van der Waals surface area contributed by atoms with Crippen molar-refractivity contribution in [3.05, 3.63) is 77.4 Å². The predicted molar refractivity (Wildman–Crippen MR) is 84.2 cm³/mol. The van der Waals surface area contributed by atoms with Crippen LogP contribution in [0.1, 0.15) is 27.6 Å². The van der Waals surface area contributed by atoms with E-state index in [1.165, 1.54) is 0 Å². The highest BCUT2D eigenvalue weighted by Crippen LogP contribution is 2.41. The van der Waals surface area contributed by atoms with Crippen LogP contribution < -0.4 is 4.74 Å². The van der Waals surface area contributed by atoms with Gasteiger partial charge in [0.05, 0.1) is 18.2 Å². The summed E-state index contributed by atoms with van der Waals surface area (Å²) in [6.45, 7) is 0. The Bertz CT molecular complexity index is 883. The lowest BCUT2D eigenvalue weighted by Gasteiger charge is -2.14. The van der Waals surface area contributed by atoms with E-state index in [1.54, 1.807) is 13.2 Å². The Morgan fingerprint density at radius 3 is 2.59 bits per heavy atom. The summed E-state index contributed by atoms with van der Waals surface area (Å²) in [5.41, 5.74) is 2.35. The van der Waals surface area contributed by atoms with Gasteiger partial charge >= 0.3 is 5.97 Å². The van der Waals surface area contributed by atoms with Gasteiger partial charge in [-0.05, 0) is 34.5 Å². The molecule has 3 heteroatoms. The molecule has 108 valence electrons. The first kappa shape index (κ1) is 12.9. The molecule has 0 N–H and O–H groups in total. The van der Waals surface area contributed by atoms with Crippen molar-refractivity contribution < 1.29 is 14.3 Å². The summed E-state index contributed by atoms with van der Waals surface area (Å²) in [6.07, 6.45) is -0.414. The van der Waals surface area contributed by atoms with E-state index in [4.69, 9.17) is 9.47 Å². The smallest absolute Gasteiger partial charge is 0.339 e. The highest BCUT2D eigenvalue weighted by molar-refractivity contribution is 5.96. The van der Waals surface area contributed by atoms with Gasteiger partial charge in [0.1, 0.15) is 5.75 Å². The van der Waals surface area contributed by atoms with E-state index in [9.17, 15) is 4.79 Å². The zero-order valence-electron chi connectivity index (χ0n) is 12.1. The van der Waals surface area contributed by atoms with Crippen molar-refractivity contribution in [2.24, 2.45) is 0 Å². The van der Waals surface area contributed by atoms with Gasteiger partial charge in [-0.3, -0.25) is 0 Å². The molecule has 4 rings (SSSR count). The number of esters is 1. The van der Waals surface area contributed by atoms with Crippen LogP contribution >= 0.6 is 0 Å². The molecule has 1 atom stereocenters. The molecule has 1 unspecified atom stereocenters. The Hall–Kier alpha value is -2.81. The van der Waals surface area contributed by atoms with Gasteiger partial charge in [0.25, 0.3) is 0 Å². The Labute approximate surface area is 128 Å². The number of carbonyl (C=O) groups is 1. The molecule has 3 nitrogen and oxygen atoms in total. The van der Waals surface area contributed by atoms with Gasteiger partial charge in [0.15, 0.2) is 6.10 Å². The number of hydrogen-bond donors (Lipinski definition) is 0. The monoisotopic (exact) mass is 290 g/mol. The fourth-order valence-electron chi connectivity index (χ4n) is 3.01.